The van der Waals surface area contributed by atoms with Crippen molar-refractivity contribution in [2.24, 2.45) is 11.5 Å². The number of aromatic nitrogens is 4. The number of ketones is 1. The maximum Gasteiger partial charge on any atom is 0.360 e. The van der Waals surface area contributed by atoms with Crippen LogP contribution in [0.1, 0.15) is 24.2 Å². The number of hydrogen-bond donors (Lipinski definition) is 3. The number of nitrogens with two attached hydrogens (primary N) is 2. The number of Topliss-reactive ketones (excluding diaryl/α,β-unsaturated/α-hetero) is 1. The van der Waals surface area contributed by atoms with Gasteiger partial charge in [0, 0.05) is 13.5 Å². The van der Waals surface area contributed by atoms with E-state index in [0.717, 1.165) is 4.80 Å². The topological polar surface area (TPSA) is 159 Å². The minimum Gasteiger partial charge on any atom is -0.370 e. The number of amides is 2. The number of nitrogens with one attached hydrogen (secondary N) is 1. The van der Waals surface area contributed by atoms with E-state index >= 15 is 0 Å². The van der Waals surface area contributed by atoms with E-state index in [-0.39, 0.29) is 24.6 Å². The van der Waals surface area contributed by atoms with Crippen LogP contribution < -0.4 is 16.8 Å². The van der Waals surface area contributed by atoms with Crippen molar-refractivity contribution in [2.45, 2.75) is 18.9 Å². The molecule has 1 aromatic carbocycles. The Morgan fingerprint density at radius 1 is 1.24 bits per heavy atom. The highest BCUT2D eigenvalue weighted by atomic mass is 16.2. The van der Waals surface area contributed by atoms with Crippen molar-refractivity contribution >= 4 is 17.7 Å². The molecule has 2 rings (SSSR count). The van der Waals surface area contributed by atoms with Crippen LogP contribution in [0.3, 0.4) is 0 Å². The lowest BCUT2D eigenvalue weighted by molar-refractivity contribution is -0.119. The summed E-state index contributed by atoms with van der Waals surface area (Å²) in [6, 6.07) is 7.07. The highest BCUT2D eigenvalue weighted by Gasteiger charge is 2.32. The molecule has 1 aromatic heterocycles. The Bertz CT molecular complexity index is 759. The zero-order valence-corrected chi connectivity index (χ0v) is 13.5. The molecule has 0 bridgehead atoms. The SMILES string of the molecule is CNC(=O)n1nnc([C](C(=O)[C@@H](N)CCC(N)=O)c2ccccc2)n1. The molecule has 10 heteroatoms. The maximum atomic E-state index is 12.8. The predicted octanol–water partition coefficient (Wildman–Crippen LogP) is -1.01. The zero-order valence-electron chi connectivity index (χ0n) is 13.5. The Morgan fingerprint density at radius 3 is 2.52 bits per heavy atom. The molecule has 131 valence electrons. The fourth-order valence-corrected chi connectivity index (χ4v) is 2.10. The molecule has 0 saturated heterocycles. The molecule has 1 radical (unpaired) electrons. The van der Waals surface area contributed by atoms with Crippen molar-refractivity contribution in [3.8, 4) is 0 Å². The van der Waals surface area contributed by atoms with Crippen molar-refractivity contribution in [1.29, 1.82) is 0 Å². The van der Waals surface area contributed by atoms with Gasteiger partial charge in [0.2, 0.25) is 5.91 Å². The van der Waals surface area contributed by atoms with Gasteiger partial charge in [0.15, 0.2) is 11.6 Å². The third-order valence-electron chi connectivity index (χ3n) is 3.38. The number of nitrogens with zero attached hydrogens (tertiary/aromatic N) is 4. The largest absolute Gasteiger partial charge is 0.370 e. The van der Waals surface area contributed by atoms with Crippen LogP contribution in [0.15, 0.2) is 30.3 Å². The van der Waals surface area contributed by atoms with Gasteiger partial charge >= 0.3 is 6.03 Å². The predicted molar refractivity (Wildman–Crippen MR) is 87.0 cm³/mol. The van der Waals surface area contributed by atoms with E-state index in [1.165, 1.54) is 7.05 Å². The average molecular weight is 344 g/mol. The molecule has 10 nitrogen and oxygen atoms in total. The lowest BCUT2D eigenvalue weighted by atomic mass is 9.89. The van der Waals surface area contributed by atoms with Gasteiger partial charge in [-0.2, -0.15) is 0 Å². The molecular formula is C15H18N7O3. The van der Waals surface area contributed by atoms with Crippen LogP contribution in [0.4, 0.5) is 4.79 Å². The molecule has 0 aliphatic rings. The molecule has 0 saturated carbocycles. The van der Waals surface area contributed by atoms with E-state index in [1.807, 2.05) is 0 Å². The highest BCUT2D eigenvalue weighted by molar-refractivity contribution is 6.02. The van der Waals surface area contributed by atoms with Crippen molar-refractivity contribution < 1.29 is 14.4 Å². The Morgan fingerprint density at radius 2 is 1.92 bits per heavy atom. The normalized spacial score (nSPS) is 12.0. The van der Waals surface area contributed by atoms with E-state index in [2.05, 4.69) is 20.7 Å². The van der Waals surface area contributed by atoms with Crippen LogP contribution in [0.2, 0.25) is 0 Å². The second kappa shape index (κ2) is 8.11. The molecule has 1 heterocycles. The minimum absolute atomic E-state index is 0.0205. The van der Waals surface area contributed by atoms with E-state index in [4.69, 9.17) is 11.5 Å². The molecule has 5 N–H and O–H groups in total. The van der Waals surface area contributed by atoms with Crippen LogP contribution in [0, 0.1) is 5.92 Å². The van der Waals surface area contributed by atoms with Crippen LogP contribution in [0.25, 0.3) is 0 Å². The Labute approximate surface area is 143 Å². The first-order chi connectivity index (χ1) is 11.9. The summed E-state index contributed by atoms with van der Waals surface area (Å²) in [6.45, 7) is 0. The van der Waals surface area contributed by atoms with E-state index in [1.54, 1.807) is 30.3 Å². The highest BCUT2D eigenvalue weighted by Crippen LogP contribution is 2.23. The third kappa shape index (κ3) is 4.44. The summed E-state index contributed by atoms with van der Waals surface area (Å²) in [5.41, 5.74) is 11.5. The summed E-state index contributed by atoms with van der Waals surface area (Å²) < 4.78 is 0. The standard InChI is InChI=1S/C15H18N7O3/c1-18-15(25)22-20-14(19-21-22)12(9-5-3-2-4-6-9)13(24)10(16)7-8-11(17)23/h2-6,10H,7-8,16H2,1H3,(H2,17,23)(H,18,25)/t10-/m0/s1. The number of carbonyl (C=O) groups excluding carboxylic acids is 3. The zero-order chi connectivity index (χ0) is 18.4. The minimum atomic E-state index is -0.963. The Kier molecular flexibility index (Phi) is 5.90. The van der Waals surface area contributed by atoms with Crippen molar-refractivity contribution in [3.05, 3.63) is 47.6 Å². The Balaban J connectivity index is 2.34. The number of benzene rings is 1. The van der Waals surface area contributed by atoms with Crippen LogP contribution in [-0.4, -0.2) is 51.0 Å². The van der Waals surface area contributed by atoms with Gasteiger partial charge in [-0.05, 0) is 17.2 Å². The number of carbonyl (C=O) groups is 3. The third-order valence-corrected chi connectivity index (χ3v) is 3.38. The monoisotopic (exact) mass is 344 g/mol. The summed E-state index contributed by atoms with van der Waals surface area (Å²) in [5.74, 6) is -0.931. The quantitative estimate of drug-likeness (QED) is 0.580. The van der Waals surface area contributed by atoms with Gasteiger partial charge in [0.05, 0.1) is 6.04 Å². The molecule has 1 atom stereocenters. The number of primary amides is 1. The van der Waals surface area contributed by atoms with Crippen LogP contribution in [-0.2, 0) is 9.59 Å². The molecular weight excluding hydrogens is 326 g/mol. The molecule has 0 fully saturated rings. The van der Waals surface area contributed by atoms with E-state index < -0.39 is 23.8 Å². The van der Waals surface area contributed by atoms with Gasteiger partial charge in [-0.1, -0.05) is 35.1 Å². The lowest BCUT2D eigenvalue weighted by Gasteiger charge is -2.16. The van der Waals surface area contributed by atoms with Gasteiger partial charge in [0.1, 0.15) is 5.92 Å². The van der Waals surface area contributed by atoms with Gasteiger partial charge < -0.3 is 16.8 Å². The molecule has 0 spiro atoms. The maximum absolute atomic E-state index is 12.8. The number of hydrogen-bond acceptors (Lipinski definition) is 7. The molecule has 2 aromatic rings. The fourth-order valence-electron chi connectivity index (χ4n) is 2.10. The second-order valence-electron chi connectivity index (χ2n) is 5.17. The van der Waals surface area contributed by atoms with Crippen molar-refractivity contribution in [2.75, 3.05) is 7.05 Å². The fraction of sp³-hybridized carbons (Fsp3) is 0.267. The van der Waals surface area contributed by atoms with Gasteiger partial charge in [-0.3, -0.25) is 9.59 Å². The van der Waals surface area contributed by atoms with E-state index in [0.29, 0.717) is 5.56 Å². The smallest absolute Gasteiger partial charge is 0.360 e. The first-order valence-corrected chi connectivity index (χ1v) is 7.47. The summed E-state index contributed by atoms with van der Waals surface area (Å²) in [4.78, 5) is 36.0. The second-order valence-corrected chi connectivity index (χ2v) is 5.17. The first-order valence-electron chi connectivity index (χ1n) is 7.47. The van der Waals surface area contributed by atoms with Gasteiger partial charge in [-0.25, -0.2) is 4.79 Å². The molecule has 0 aliphatic heterocycles. The lowest BCUT2D eigenvalue weighted by Crippen LogP contribution is -2.37. The number of rotatable bonds is 7. The first kappa shape index (κ1) is 18.2. The summed E-state index contributed by atoms with van der Waals surface area (Å²) in [6.07, 6.45) is 0.0709. The summed E-state index contributed by atoms with van der Waals surface area (Å²) in [7, 11) is 1.41. The average Bonchev–Trinajstić information content (AvgIpc) is 3.09. The molecule has 0 aliphatic carbocycles. The summed E-state index contributed by atoms with van der Waals surface area (Å²) in [5, 5.41) is 13.7. The Hall–Kier alpha value is -3.14. The number of tetrazole rings is 1. The van der Waals surface area contributed by atoms with Crippen LogP contribution >= 0.6 is 0 Å². The van der Waals surface area contributed by atoms with E-state index in [9.17, 15) is 14.4 Å². The van der Waals surface area contributed by atoms with Gasteiger partial charge in [-0.15, -0.1) is 10.2 Å². The van der Waals surface area contributed by atoms with Gasteiger partial charge in [0.25, 0.3) is 0 Å². The molecule has 25 heavy (non-hydrogen) atoms. The van der Waals surface area contributed by atoms with Crippen LogP contribution in [0.5, 0.6) is 0 Å². The molecule has 2 amide bonds. The van der Waals surface area contributed by atoms with Crippen molar-refractivity contribution in [1.82, 2.24) is 25.5 Å². The van der Waals surface area contributed by atoms with Crippen molar-refractivity contribution in [3.63, 3.8) is 0 Å². The molecule has 0 unspecified atom stereocenters. The summed E-state index contributed by atoms with van der Waals surface area (Å²) >= 11 is 0.